The van der Waals surface area contributed by atoms with Crippen LogP contribution in [0.5, 0.6) is 0 Å². The van der Waals surface area contributed by atoms with E-state index in [1.807, 2.05) is 22.9 Å². The highest BCUT2D eigenvalue weighted by molar-refractivity contribution is 7.98. The molecule has 4 aromatic rings. The van der Waals surface area contributed by atoms with Crippen molar-refractivity contribution in [2.75, 3.05) is 0 Å². The Bertz CT molecular complexity index is 977. The fraction of sp³-hybridized carbons (Fsp3) is 0.0952. The maximum atomic E-state index is 4.38. The lowest BCUT2D eigenvalue weighted by Crippen LogP contribution is -1.92. The van der Waals surface area contributed by atoms with Gasteiger partial charge < -0.3 is 4.57 Å². The number of hydrogen-bond acceptors (Lipinski definition) is 4. The van der Waals surface area contributed by atoms with Crippen molar-refractivity contribution in [3.05, 3.63) is 90.5 Å². The number of nitrogens with zero attached hydrogens (tertiary/aromatic N) is 4. The van der Waals surface area contributed by atoms with E-state index in [1.165, 1.54) is 11.1 Å². The van der Waals surface area contributed by atoms with Crippen LogP contribution in [0, 0.1) is 6.92 Å². The lowest BCUT2D eigenvalue weighted by atomic mass is 10.1. The van der Waals surface area contributed by atoms with Gasteiger partial charge in [-0.2, -0.15) is 0 Å². The summed E-state index contributed by atoms with van der Waals surface area (Å²) in [6, 6.07) is 20.8. The summed E-state index contributed by atoms with van der Waals surface area (Å²) in [5.41, 5.74) is 5.59. The van der Waals surface area contributed by atoms with E-state index in [2.05, 4.69) is 70.6 Å². The van der Waals surface area contributed by atoms with E-state index >= 15 is 0 Å². The second-order valence-electron chi connectivity index (χ2n) is 6.05. The Hall–Kier alpha value is -2.92. The van der Waals surface area contributed by atoms with Crippen LogP contribution in [-0.2, 0) is 5.75 Å². The highest BCUT2D eigenvalue weighted by atomic mass is 32.2. The molecule has 0 unspecified atom stereocenters. The first-order valence-electron chi connectivity index (χ1n) is 8.39. The van der Waals surface area contributed by atoms with E-state index in [0.717, 1.165) is 27.7 Å². The average molecular weight is 358 g/mol. The quantitative estimate of drug-likeness (QED) is 0.475. The SMILES string of the molecule is Cc1cccc(CSc2ccc(-c3ccc(-n4ccnc4)cc3)nn2)c1. The van der Waals surface area contributed by atoms with Gasteiger partial charge in [0.05, 0.1) is 12.0 Å². The Kier molecular flexibility index (Phi) is 4.80. The number of benzene rings is 2. The molecule has 0 bridgehead atoms. The molecule has 128 valence electrons. The second-order valence-corrected chi connectivity index (χ2v) is 7.05. The van der Waals surface area contributed by atoms with Crippen LogP contribution in [0.1, 0.15) is 11.1 Å². The number of aromatic nitrogens is 4. The third-order valence-electron chi connectivity index (χ3n) is 4.07. The molecule has 4 nitrogen and oxygen atoms in total. The molecule has 0 saturated heterocycles. The number of thioether (sulfide) groups is 1. The van der Waals surface area contributed by atoms with E-state index in [1.54, 1.807) is 24.3 Å². The van der Waals surface area contributed by atoms with Crippen LogP contribution in [0.4, 0.5) is 0 Å². The van der Waals surface area contributed by atoms with Crippen molar-refractivity contribution in [3.63, 3.8) is 0 Å². The zero-order valence-electron chi connectivity index (χ0n) is 14.4. The lowest BCUT2D eigenvalue weighted by molar-refractivity contribution is 0.935. The van der Waals surface area contributed by atoms with Gasteiger partial charge in [0.1, 0.15) is 5.03 Å². The van der Waals surface area contributed by atoms with Crippen LogP contribution in [0.15, 0.2) is 84.4 Å². The van der Waals surface area contributed by atoms with E-state index in [-0.39, 0.29) is 0 Å². The fourth-order valence-electron chi connectivity index (χ4n) is 2.73. The van der Waals surface area contributed by atoms with Gasteiger partial charge in [0, 0.05) is 29.4 Å². The van der Waals surface area contributed by atoms with Gasteiger partial charge >= 0.3 is 0 Å². The maximum absolute atomic E-state index is 4.38. The highest BCUT2D eigenvalue weighted by Gasteiger charge is 2.04. The second kappa shape index (κ2) is 7.54. The molecule has 0 saturated carbocycles. The maximum Gasteiger partial charge on any atom is 0.119 e. The van der Waals surface area contributed by atoms with Crippen molar-refractivity contribution < 1.29 is 0 Å². The van der Waals surface area contributed by atoms with Crippen molar-refractivity contribution in [2.24, 2.45) is 0 Å². The molecular weight excluding hydrogens is 340 g/mol. The molecule has 2 aromatic heterocycles. The lowest BCUT2D eigenvalue weighted by Gasteiger charge is -2.05. The Labute approximate surface area is 157 Å². The predicted octanol–water partition coefficient (Wildman–Crippen LogP) is 4.93. The highest BCUT2D eigenvalue weighted by Crippen LogP contribution is 2.23. The minimum Gasteiger partial charge on any atom is -0.306 e. The van der Waals surface area contributed by atoms with Crippen molar-refractivity contribution in [2.45, 2.75) is 17.7 Å². The van der Waals surface area contributed by atoms with Gasteiger partial charge in [-0.25, -0.2) is 4.98 Å². The Morgan fingerprint density at radius 3 is 2.54 bits per heavy atom. The molecule has 2 aromatic carbocycles. The van der Waals surface area contributed by atoms with Gasteiger partial charge in [0.25, 0.3) is 0 Å². The third kappa shape index (κ3) is 3.83. The molecule has 0 spiro atoms. The van der Waals surface area contributed by atoms with Crippen LogP contribution in [0.3, 0.4) is 0 Å². The van der Waals surface area contributed by atoms with Crippen LogP contribution in [-0.4, -0.2) is 19.7 Å². The minimum absolute atomic E-state index is 0.877. The summed E-state index contributed by atoms with van der Waals surface area (Å²) < 4.78 is 1.97. The molecule has 0 aliphatic rings. The minimum atomic E-state index is 0.877. The molecule has 5 heteroatoms. The standard InChI is InChI=1S/C21H18N4S/c1-16-3-2-4-17(13-16)14-26-21-10-9-20(23-24-21)18-5-7-19(8-6-18)25-12-11-22-15-25/h2-13,15H,14H2,1H3. The summed E-state index contributed by atoms with van der Waals surface area (Å²) in [5.74, 6) is 0.898. The van der Waals surface area contributed by atoms with E-state index in [9.17, 15) is 0 Å². The summed E-state index contributed by atoms with van der Waals surface area (Å²) in [6.45, 7) is 2.11. The molecule has 0 fully saturated rings. The zero-order valence-corrected chi connectivity index (χ0v) is 15.2. The number of aryl methyl sites for hydroxylation is 1. The first-order chi connectivity index (χ1) is 12.8. The van der Waals surface area contributed by atoms with Crippen molar-refractivity contribution in [3.8, 4) is 16.9 Å². The molecule has 0 aliphatic carbocycles. The van der Waals surface area contributed by atoms with Gasteiger partial charge in [-0.1, -0.05) is 53.7 Å². The fourth-order valence-corrected chi connectivity index (χ4v) is 3.48. The smallest absolute Gasteiger partial charge is 0.119 e. The molecule has 0 aliphatic heterocycles. The molecule has 26 heavy (non-hydrogen) atoms. The normalized spacial score (nSPS) is 10.8. The van der Waals surface area contributed by atoms with Gasteiger partial charge in [-0.3, -0.25) is 0 Å². The molecule has 0 N–H and O–H groups in total. The van der Waals surface area contributed by atoms with E-state index < -0.39 is 0 Å². The van der Waals surface area contributed by atoms with Gasteiger partial charge in [0.2, 0.25) is 0 Å². The first-order valence-corrected chi connectivity index (χ1v) is 9.37. The summed E-state index contributed by atoms with van der Waals surface area (Å²) in [6.07, 6.45) is 5.48. The Morgan fingerprint density at radius 1 is 0.962 bits per heavy atom. The van der Waals surface area contributed by atoms with Crippen molar-refractivity contribution >= 4 is 11.8 Å². The molecule has 0 atom stereocenters. The Balaban J connectivity index is 1.44. The van der Waals surface area contributed by atoms with Crippen molar-refractivity contribution in [1.82, 2.24) is 19.7 Å². The van der Waals surface area contributed by atoms with Gasteiger partial charge in [0.15, 0.2) is 0 Å². The summed E-state index contributed by atoms with van der Waals surface area (Å²) in [5, 5.41) is 9.68. The predicted molar refractivity (Wildman–Crippen MR) is 105 cm³/mol. The molecule has 0 radical (unpaired) electrons. The topological polar surface area (TPSA) is 43.6 Å². The molecule has 0 amide bonds. The monoisotopic (exact) mass is 358 g/mol. The Morgan fingerprint density at radius 2 is 1.85 bits per heavy atom. The number of imidazole rings is 1. The number of hydrogen-bond donors (Lipinski definition) is 0. The average Bonchev–Trinajstić information content (AvgIpc) is 3.22. The molecule has 4 rings (SSSR count). The first kappa shape index (κ1) is 16.5. The van der Waals surface area contributed by atoms with E-state index in [0.29, 0.717) is 0 Å². The van der Waals surface area contributed by atoms with Gasteiger partial charge in [-0.05, 0) is 36.8 Å². The van der Waals surface area contributed by atoms with Crippen LogP contribution < -0.4 is 0 Å². The summed E-state index contributed by atoms with van der Waals surface area (Å²) in [7, 11) is 0. The molecular formula is C21H18N4S. The van der Waals surface area contributed by atoms with Gasteiger partial charge in [-0.15, -0.1) is 10.2 Å². The number of rotatable bonds is 5. The van der Waals surface area contributed by atoms with Crippen molar-refractivity contribution in [1.29, 1.82) is 0 Å². The molecule has 2 heterocycles. The third-order valence-corrected chi connectivity index (χ3v) is 5.07. The summed E-state index contributed by atoms with van der Waals surface area (Å²) >= 11 is 1.70. The zero-order chi connectivity index (χ0) is 17.8. The largest absolute Gasteiger partial charge is 0.306 e. The van der Waals surface area contributed by atoms with Crippen LogP contribution in [0.25, 0.3) is 16.9 Å². The van der Waals surface area contributed by atoms with Crippen LogP contribution in [0.2, 0.25) is 0 Å². The van der Waals surface area contributed by atoms with Crippen LogP contribution >= 0.6 is 11.8 Å². The summed E-state index contributed by atoms with van der Waals surface area (Å²) in [4.78, 5) is 4.07. The van der Waals surface area contributed by atoms with E-state index in [4.69, 9.17) is 0 Å².